The summed E-state index contributed by atoms with van der Waals surface area (Å²) in [6.45, 7) is 4.30. The molecule has 1 heterocycles. The Kier molecular flexibility index (Phi) is 3.85. The van der Waals surface area contributed by atoms with Gasteiger partial charge in [0.1, 0.15) is 6.10 Å². The van der Waals surface area contributed by atoms with Crippen LogP contribution in [0.1, 0.15) is 38.2 Å². The van der Waals surface area contributed by atoms with E-state index < -0.39 is 0 Å². The monoisotopic (exact) mass is 283 g/mol. The first-order valence-corrected chi connectivity index (χ1v) is 6.75. The number of pyridine rings is 1. The van der Waals surface area contributed by atoms with Crippen LogP contribution in [0, 0.1) is 12.8 Å². The number of hydrogen-bond donors (Lipinski definition) is 0. The van der Waals surface area contributed by atoms with E-state index in [2.05, 4.69) is 33.9 Å². The maximum absolute atomic E-state index is 6.00. The third kappa shape index (κ3) is 2.76. The van der Waals surface area contributed by atoms with Gasteiger partial charge in [-0.15, -0.1) is 0 Å². The smallest absolute Gasteiger partial charge is 0.228 e. The molecule has 0 saturated heterocycles. The molecule has 0 amide bonds. The summed E-state index contributed by atoms with van der Waals surface area (Å²) in [6.07, 6.45) is 7.23. The fourth-order valence-corrected chi connectivity index (χ4v) is 2.77. The molecule has 0 spiro atoms. The largest absolute Gasteiger partial charge is 0.473 e. The van der Waals surface area contributed by atoms with Gasteiger partial charge in [-0.05, 0) is 59.7 Å². The van der Waals surface area contributed by atoms with Crippen molar-refractivity contribution in [1.29, 1.82) is 0 Å². The number of ether oxygens (including phenoxy) is 1. The number of nitrogens with zero attached hydrogens (tertiary/aromatic N) is 1. The van der Waals surface area contributed by atoms with Crippen LogP contribution in [-0.2, 0) is 0 Å². The van der Waals surface area contributed by atoms with Gasteiger partial charge in [0.05, 0.1) is 4.47 Å². The lowest BCUT2D eigenvalue weighted by molar-refractivity contribution is 0.0967. The van der Waals surface area contributed by atoms with Crippen LogP contribution < -0.4 is 4.74 Å². The molecular formula is C13H18BrNO. The van der Waals surface area contributed by atoms with E-state index in [1.54, 1.807) is 0 Å². The zero-order chi connectivity index (χ0) is 11.5. The van der Waals surface area contributed by atoms with Crippen LogP contribution in [0.4, 0.5) is 0 Å². The van der Waals surface area contributed by atoms with Crippen LogP contribution >= 0.6 is 15.9 Å². The third-order valence-electron chi connectivity index (χ3n) is 3.24. The summed E-state index contributed by atoms with van der Waals surface area (Å²) in [5.41, 5.74) is 1.15. The Labute approximate surface area is 106 Å². The first-order valence-electron chi connectivity index (χ1n) is 5.95. The molecule has 3 heteroatoms. The van der Waals surface area contributed by atoms with Crippen LogP contribution in [0.15, 0.2) is 16.7 Å². The highest BCUT2D eigenvalue weighted by Gasteiger charge is 2.23. The van der Waals surface area contributed by atoms with Crippen LogP contribution in [0.25, 0.3) is 0 Å². The molecule has 88 valence electrons. The van der Waals surface area contributed by atoms with Crippen molar-refractivity contribution in [3.63, 3.8) is 0 Å². The lowest BCUT2D eigenvalue weighted by Crippen LogP contribution is -2.28. The van der Waals surface area contributed by atoms with Gasteiger partial charge in [-0.1, -0.05) is 13.3 Å². The van der Waals surface area contributed by atoms with E-state index in [-0.39, 0.29) is 0 Å². The first kappa shape index (κ1) is 11.9. The van der Waals surface area contributed by atoms with E-state index >= 15 is 0 Å². The second-order valence-electron chi connectivity index (χ2n) is 4.72. The molecule has 0 N–H and O–H groups in total. The van der Waals surface area contributed by atoms with Crippen LogP contribution in [0.3, 0.4) is 0 Å². The molecule has 1 aliphatic carbocycles. The first-order chi connectivity index (χ1) is 7.66. The minimum atomic E-state index is 0.334. The molecule has 1 aromatic rings. The van der Waals surface area contributed by atoms with E-state index in [0.29, 0.717) is 12.0 Å². The molecular weight excluding hydrogens is 266 g/mol. The van der Waals surface area contributed by atoms with Crippen molar-refractivity contribution < 1.29 is 4.74 Å². The Bertz CT molecular complexity index is 367. The number of aromatic nitrogens is 1. The third-order valence-corrected chi connectivity index (χ3v) is 3.81. The van der Waals surface area contributed by atoms with Gasteiger partial charge in [0.2, 0.25) is 5.88 Å². The molecule has 1 aromatic heterocycles. The predicted octanol–water partition coefficient (Wildman–Crippen LogP) is 4.11. The normalized spacial score (nSPS) is 25.4. The molecule has 2 unspecified atom stereocenters. The Hall–Kier alpha value is -0.570. The molecule has 2 rings (SSSR count). The molecule has 2 atom stereocenters. The summed E-state index contributed by atoms with van der Waals surface area (Å²) in [5.74, 6) is 1.38. The molecule has 0 radical (unpaired) electrons. The van der Waals surface area contributed by atoms with Crippen molar-refractivity contribution in [2.45, 2.75) is 45.6 Å². The van der Waals surface area contributed by atoms with E-state index in [1.807, 2.05) is 13.1 Å². The van der Waals surface area contributed by atoms with Crippen molar-refractivity contribution >= 4 is 15.9 Å². The standard InChI is InChI=1S/C13H18BrNO/c1-9-7-11(14)13(15-8-9)16-12-6-4-3-5-10(12)2/h7-8,10,12H,3-6H2,1-2H3. The highest BCUT2D eigenvalue weighted by Crippen LogP contribution is 2.30. The van der Waals surface area contributed by atoms with Crippen LogP contribution in [0.5, 0.6) is 5.88 Å². The van der Waals surface area contributed by atoms with E-state index in [1.165, 1.54) is 19.3 Å². The summed E-state index contributed by atoms with van der Waals surface area (Å²) in [4.78, 5) is 4.34. The second-order valence-corrected chi connectivity index (χ2v) is 5.57. The molecule has 0 aromatic carbocycles. The second kappa shape index (κ2) is 5.17. The van der Waals surface area contributed by atoms with Gasteiger partial charge >= 0.3 is 0 Å². The number of aryl methyl sites for hydroxylation is 1. The van der Waals surface area contributed by atoms with E-state index in [0.717, 1.165) is 22.3 Å². The molecule has 0 bridgehead atoms. The average molecular weight is 284 g/mol. The molecule has 16 heavy (non-hydrogen) atoms. The van der Waals surface area contributed by atoms with Gasteiger partial charge in [0.25, 0.3) is 0 Å². The zero-order valence-corrected chi connectivity index (χ0v) is 11.5. The summed E-state index contributed by atoms with van der Waals surface area (Å²) in [6, 6.07) is 2.05. The van der Waals surface area contributed by atoms with Crippen molar-refractivity contribution in [2.24, 2.45) is 5.92 Å². The van der Waals surface area contributed by atoms with Gasteiger partial charge < -0.3 is 4.74 Å². The van der Waals surface area contributed by atoms with Gasteiger partial charge in [0.15, 0.2) is 0 Å². The fourth-order valence-electron chi connectivity index (χ4n) is 2.21. The summed E-state index contributed by atoms with van der Waals surface area (Å²) in [5, 5.41) is 0. The summed E-state index contributed by atoms with van der Waals surface area (Å²) in [7, 11) is 0. The minimum Gasteiger partial charge on any atom is -0.473 e. The van der Waals surface area contributed by atoms with Crippen molar-refractivity contribution in [3.8, 4) is 5.88 Å². The molecule has 0 aliphatic heterocycles. The van der Waals surface area contributed by atoms with Gasteiger partial charge in [-0.2, -0.15) is 0 Å². The van der Waals surface area contributed by atoms with Gasteiger partial charge in [-0.3, -0.25) is 0 Å². The van der Waals surface area contributed by atoms with Crippen LogP contribution in [0.2, 0.25) is 0 Å². The lowest BCUT2D eigenvalue weighted by atomic mass is 9.88. The molecule has 2 nitrogen and oxygen atoms in total. The zero-order valence-electron chi connectivity index (χ0n) is 9.87. The van der Waals surface area contributed by atoms with Gasteiger partial charge in [-0.25, -0.2) is 4.98 Å². The predicted molar refractivity (Wildman–Crippen MR) is 68.7 cm³/mol. The number of hydrogen-bond acceptors (Lipinski definition) is 2. The van der Waals surface area contributed by atoms with E-state index in [4.69, 9.17) is 4.74 Å². The van der Waals surface area contributed by atoms with Gasteiger partial charge in [0, 0.05) is 6.20 Å². The Balaban J connectivity index is 2.07. The highest BCUT2D eigenvalue weighted by atomic mass is 79.9. The Morgan fingerprint density at radius 2 is 2.12 bits per heavy atom. The number of halogens is 1. The fraction of sp³-hybridized carbons (Fsp3) is 0.615. The average Bonchev–Trinajstić information content (AvgIpc) is 2.25. The van der Waals surface area contributed by atoms with Crippen LogP contribution in [-0.4, -0.2) is 11.1 Å². The summed E-state index contributed by atoms with van der Waals surface area (Å²) < 4.78 is 6.96. The van der Waals surface area contributed by atoms with Crippen molar-refractivity contribution in [1.82, 2.24) is 4.98 Å². The Morgan fingerprint density at radius 3 is 2.81 bits per heavy atom. The van der Waals surface area contributed by atoms with Crippen molar-refractivity contribution in [2.75, 3.05) is 0 Å². The minimum absolute atomic E-state index is 0.334. The number of rotatable bonds is 2. The quantitative estimate of drug-likeness (QED) is 0.815. The van der Waals surface area contributed by atoms with E-state index in [9.17, 15) is 0 Å². The SMILES string of the molecule is Cc1cnc(OC2CCCCC2C)c(Br)c1. The molecule has 1 fully saturated rings. The topological polar surface area (TPSA) is 22.1 Å². The Morgan fingerprint density at radius 1 is 1.38 bits per heavy atom. The lowest BCUT2D eigenvalue weighted by Gasteiger charge is -2.29. The maximum Gasteiger partial charge on any atom is 0.228 e. The molecule has 1 saturated carbocycles. The molecule has 1 aliphatic rings. The maximum atomic E-state index is 6.00. The highest BCUT2D eigenvalue weighted by molar-refractivity contribution is 9.10. The summed E-state index contributed by atoms with van der Waals surface area (Å²) >= 11 is 3.51. The van der Waals surface area contributed by atoms with Crippen molar-refractivity contribution in [3.05, 3.63) is 22.3 Å².